The van der Waals surface area contributed by atoms with Gasteiger partial charge in [-0.1, -0.05) is 65.3 Å². The van der Waals surface area contributed by atoms with Crippen LogP contribution in [0, 0.1) is 0 Å². The van der Waals surface area contributed by atoms with Crippen LogP contribution in [0.25, 0.3) is 22.3 Å². The standard InChI is InChI=1S/C26H29ClO3/c1-25(2,3)15-7-9-22(28)18(11-15)20-13-17(27)14-21(24(20)30)19-12-16(26(4,5)6)8-10-23(19)29/h7-14,28-30H,1-6H3. The maximum Gasteiger partial charge on any atom is 0.131 e. The summed E-state index contributed by atoms with van der Waals surface area (Å²) in [6, 6.07) is 14.0. The van der Waals surface area contributed by atoms with Gasteiger partial charge in [0.15, 0.2) is 0 Å². The Hall–Kier alpha value is -2.65. The molecule has 0 unspecified atom stereocenters. The third kappa shape index (κ3) is 4.27. The second-order valence-electron chi connectivity index (χ2n) is 9.81. The van der Waals surface area contributed by atoms with Gasteiger partial charge in [-0.3, -0.25) is 0 Å². The Morgan fingerprint density at radius 1 is 0.567 bits per heavy atom. The van der Waals surface area contributed by atoms with E-state index in [2.05, 4.69) is 41.5 Å². The zero-order chi connectivity index (χ0) is 22.4. The van der Waals surface area contributed by atoms with E-state index in [9.17, 15) is 15.3 Å². The largest absolute Gasteiger partial charge is 0.507 e. The normalized spacial score (nSPS) is 12.2. The maximum atomic E-state index is 11.2. The lowest BCUT2D eigenvalue weighted by atomic mass is 9.84. The molecule has 0 aliphatic rings. The van der Waals surface area contributed by atoms with Gasteiger partial charge >= 0.3 is 0 Å². The zero-order valence-corrected chi connectivity index (χ0v) is 19.1. The molecule has 0 fully saturated rings. The van der Waals surface area contributed by atoms with Gasteiger partial charge in [0.25, 0.3) is 0 Å². The van der Waals surface area contributed by atoms with E-state index in [0.29, 0.717) is 27.3 Å². The monoisotopic (exact) mass is 424 g/mol. The van der Waals surface area contributed by atoms with Gasteiger partial charge in [-0.05, 0) is 58.4 Å². The Morgan fingerprint density at radius 2 is 0.933 bits per heavy atom. The predicted molar refractivity (Wildman–Crippen MR) is 125 cm³/mol. The first-order chi connectivity index (χ1) is 13.8. The number of aromatic hydroxyl groups is 3. The Labute approximate surface area is 183 Å². The smallest absolute Gasteiger partial charge is 0.131 e. The molecule has 0 aromatic heterocycles. The van der Waals surface area contributed by atoms with Crippen LogP contribution >= 0.6 is 11.6 Å². The van der Waals surface area contributed by atoms with Gasteiger partial charge in [-0.25, -0.2) is 0 Å². The van der Waals surface area contributed by atoms with Crippen LogP contribution in [0.2, 0.25) is 5.02 Å². The minimum absolute atomic E-state index is 0.0397. The van der Waals surface area contributed by atoms with E-state index in [4.69, 9.17) is 11.6 Å². The Balaban J connectivity index is 2.27. The highest BCUT2D eigenvalue weighted by Crippen LogP contribution is 2.46. The number of phenolic OH excluding ortho intramolecular Hbond substituents is 3. The molecule has 0 spiro atoms. The molecule has 3 aromatic carbocycles. The van der Waals surface area contributed by atoms with Crippen molar-refractivity contribution in [3.8, 4) is 39.5 Å². The van der Waals surface area contributed by atoms with Crippen LogP contribution in [-0.2, 0) is 10.8 Å². The van der Waals surface area contributed by atoms with Gasteiger partial charge in [0.2, 0.25) is 0 Å². The summed E-state index contributed by atoms with van der Waals surface area (Å²) >= 11 is 6.41. The van der Waals surface area contributed by atoms with Crippen LogP contribution < -0.4 is 0 Å². The number of hydrogen-bond acceptors (Lipinski definition) is 3. The number of phenols is 3. The van der Waals surface area contributed by atoms with E-state index >= 15 is 0 Å². The van der Waals surface area contributed by atoms with Crippen molar-refractivity contribution in [2.75, 3.05) is 0 Å². The number of hydrogen-bond donors (Lipinski definition) is 3. The van der Waals surface area contributed by atoms with Crippen molar-refractivity contribution in [3.63, 3.8) is 0 Å². The lowest BCUT2D eigenvalue weighted by Gasteiger charge is -2.22. The summed E-state index contributed by atoms with van der Waals surface area (Å²) in [5, 5.41) is 32.6. The van der Waals surface area contributed by atoms with E-state index in [1.54, 1.807) is 24.3 Å². The lowest BCUT2D eigenvalue weighted by molar-refractivity contribution is 0.466. The van der Waals surface area contributed by atoms with Gasteiger partial charge < -0.3 is 15.3 Å². The fraction of sp³-hybridized carbons (Fsp3) is 0.308. The van der Waals surface area contributed by atoms with Crippen LogP contribution in [0.15, 0.2) is 48.5 Å². The molecule has 3 rings (SSSR count). The van der Waals surface area contributed by atoms with Crippen molar-refractivity contribution in [1.29, 1.82) is 0 Å². The highest BCUT2D eigenvalue weighted by molar-refractivity contribution is 6.31. The Morgan fingerprint density at radius 3 is 1.27 bits per heavy atom. The molecule has 0 atom stereocenters. The zero-order valence-electron chi connectivity index (χ0n) is 18.3. The quantitative estimate of drug-likeness (QED) is 0.402. The molecule has 0 bridgehead atoms. The summed E-state index contributed by atoms with van der Waals surface area (Å²) in [5.74, 6) is 0.0699. The third-order valence-corrected chi connectivity index (χ3v) is 5.60. The van der Waals surface area contributed by atoms with Gasteiger partial charge in [0.1, 0.15) is 17.2 Å². The second-order valence-corrected chi connectivity index (χ2v) is 10.2. The summed E-state index contributed by atoms with van der Waals surface area (Å²) in [6.45, 7) is 12.5. The molecule has 0 heterocycles. The van der Waals surface area contributed by atoms with Crippen molar-refractivity contribution < 1.29 is 15.3 Å². The van der Waals surface area contributed by atoms with Gasteiger partial charge in [0.05, 0.1) is 0 Å². The summed E-state index contributed by atoms with van der Waals surface area (Å²) in [4.78, 5) is 0. The van der Waals surface area contributed by atoms with Crippen LogP contribution in [0.1, 0.15) is 52.7 Å². The molecule has 0 saturated heterocycles. The second kappa shape index (κ2) is 7.55. The SMILES string of the molecule is CC(C)(C)c1ccc(O)c(-c2cc(Cl)cc(-c3cc(C(C)(C)C)ccc3O)c2O)c1. The maximum absolute atomic E-state index is 11.2. The number of benzene rings is 3. The molecule has 158 valence electrons. The Kier molecular flexibility index (Phi) is 5.55. The van der Waals surface area contributed by atoms with Crippen LogP contribution in [0.4, 0.5) is 0 Å². The first-order valence-corrected chi connectivity index (χ1v) is 10.4. The van der Waals surface area contributed by atoms with Crippen molar-refractivity contribution in [1.82, 2.24) is 0 Å². The highest BCUT2D eigenvalue weighted by atomic mass is 35.5. The van der Waals surface area contributed by atoms with Crippen molar-refractivity contribution >= 4 is 11.6 Å². The summed E-state index contributed by atoms with van der Waals surface area (Å²) < 4.78 is 0. The fourth-order valence-corrected chi connectivity index (χ4v) is 3.66. The van der Waals surface area contributed by atoms with E-state index < -0.39 is 0 Å². The first kappa shape index (κ1) is 22.0. The fourth-order valence-electron chi connectivity index (χ4n) is 3.45. The van der Waals surface area contributed by atoms with Crippen molar-refractivity contribution in [2.24, 2.45) is 0 Å². The topological polar surface area (TPSA) is 60.7 Å². The van der Waals surface area contributed by atoms with E-state index in [0.717, 1.165) is 11.1 Å². The third-order valence-electron chi connectivity index (χ3n) is 5.38. The minimum Gasteiger partial charge on any atom is -0.507 e. The number of rotatable bonds is 2. The molecule has 4 heteroatoms. The van der Waals surface area contributed by atoms with Gasteiger partial charge in [0, 0.05) is 27.3 Å². The molecule has 0 aliphatic carbocycles. The van der Waals surface area contributed by atoms with Gasteiger partial charge in [-0.15, -0.1) is 0 Å². The average molecular weight is 425 g/mol. The average Bonchev–Trinajstić information content (AvgIpc) is 2.62. The molecule has 3 N–H and O–H groups in total. The Bertz CT molecular complexity index is 1020. The van der Waals surface area contributed by atoms with Crippen LogP contribution in [0.3, 0.4) is 0 Å². The number of halogens is 1. The van der Waals surface area contributed by atoms with Gasteiger partial charge in [-0.2, -0.15) is 0 Å². The summed E-state index contributed by atoms with van der Waals surface area (Å²) in [5.41, 5.74) is 3.62. The first-order valence-electron chi connectivity index (χ1n) is 9.99. The van der Waals surface area contributed by atoms with E-state index in [-0.39, 0.29) is 28.1 Å². The lowest BCUT2D eigenvalue weighted by Crippen LogP contribution is -2.11. The van der Waals surface area contributed by atoms with Crippen molar-refractivity contribution in [3.05, 3.63) is 64.7 Å². The highest BCUT2D eigenvalue weighted by Gasteiger charge is 2.22. The molecule has 30 heavy (non-hydrogen) atoms. The summed E-state index contributed by atoms with van der Waals surface area (Å²) in [7, 11) is 0. The molecular weight excluding hydrogens is 396 g/mol. The molecule has 0 aliphatic heterocycles. The van der Waals surface area contributed by atoms with E-state index in [1.165, 1.54) is 0 Å². The molecular formula is C26H29ClO3. The summed E-state index contributed by atoms with van der Waals surface area (Å²) in [6.07, 6.45) is 0. The molecule has 3 nitrogen and oxygen atoms in total. The molecule has 3 aromatic rings. The molecule has 0 saturated carbocycles. The molecule has 0 amide bonds. The predicted octanol–water partition coefficient (Wildman–Crippen LogP) is 7.39. The minimum atomic E-state index is -0.126. The molecule has 0 radical (unpaired) electrons. The van der Waals surface area contributed by atoms with E-state index in [1.807, 2.05) is 24.3 Å². The van der Waals surface area contributed by atoms with Crippen LogP contribution in [0.5, 0.6) is 17.2 Å². The van der Waals surface area contributed by atoms with Crippen LogP contribution in [-0.4, -0.2) is 15.3 Å². The van der Waals surface area contributed by atoms with Crippen molar-refractivity contribution in [2.45, 2.75) is 52.4 Å².